The lowest BCUT2D eigenvalue weighted by Gasteiger charge is -2.20. The molecular weight excluding hydrogens is 452 g/mol. The quantitative estimate of drug-likeness (QED) is 0.314. The fourth-order valence-electron chi connectivity index (χ4n) is 4.08. The SMILES string of the molecule is CCOC(=O)N[C@@H](CC(=O)N/N=C\c1cc(C)n(-c2ccc(C(C)(C)C)cc2)c1C)c1ccccc1. The molecule has 1 atom stereocenters. The molecule has 0 fully saturated rings. The third-order valence-corrected chi connectivity index (χ3v) is 6.01. The molecule has 7 nitrogen and oxygen atoms in total. The van der Waals surface area contributed by atoms with Gasteiger partial charge in [0.25, 0.3) is 0 Å². The number of aromatic nitrogens is 1. The molecule has 0 radical (unpaired) electrons. The summed E-state index contributed by atoms with van der Waals surface area (Å²) in [7, 11) is 0. The van der Waals surface area contributed by atoms with Crippen molar-refractivity contribution in [3.05, 3.63) is 88.7 Å². The van der Waals surface area contributed by atoms with Gasteiger partial charge in [-0.25, -0.2) is 10.2 Å². The molecule has 3 rings (SSSR count). The summed E-state index contributed by atoms with van der Waals surface area (Å²) in [5.41, 5.74) is 8.87. The molecule has 3 aromatic rings. The van der Waals surface area contributed by atoms with Crippen molar-refractivity contribution >= 4 is 18.2 Å². The van der Waals surface area contributed by atoms with Crippen LogP contribution >= 0.6 is 0 Å². The summed E-state index contributed by atoms with van der Waals surface area (Å²) >= 11 is 0. The third-order valence-electron chi connectivity index (χ3n) is 6.01. The Bertz CT molecular complexity index is 1210. The van der Waals surface area contributed by atoms with Crippen LogP contribution in [-0.4, -0.2) is 29.4 Å². The first-order chi connectivity index (χ1) is 17.1. The van der Waals surface area contributed by atoms with Gasteiger partial charge in [0.1, 0.15) is 0 Å². The summed E-state index contributed by atoms with van der Waals surface area (Å²) in [6.45, 7) is 12.7. The van der Waals surface area contributed by atoms with E-state index in [-0.39, 0.29) is 24.3 Å². The first kappa shape index (κ1) is 26.7. The Balaban J connectivity index is 1.69. The molecule has 1 aromatic heterocycles. The lowest BCUT2D eigenvalue weighted by Crippen LogP contribution is -2.33. The zero-order valence-electron chi connectivity index (χ0n) is 22.0. The van der Waals surface area contributed by atoms with Gasteiger partial charge >= 0.3 is 6.09 Å². The Hall–Kier alpha value is -3.87. The first-order valence-corrected chi connectivity index (χ1v) is 12.2. The lowest BCUT2D eigenvalue weighted by molar-refractivity contribution is -0.121. The van der Waals surface area contributed by atoms with E-state index in [1.165, 1.54) is 5.56 Å². The van der Waals surface area contributed by atoms with E-state index in [9.17, 15) is 9.59 Å². The van der Waals surface area contributed by atoms with Crippen molar-refractivity contribution in [2.45, 2.75) is 59.4 Å². The maximum Gasteiger partial charge on any atom is 0.407 e. The van der Waals surface area contributed by atoms with Crippen LogP contribution in [0.2, 0.25) is 0 Å². The number of carbonyl (C=O) groups is 2. The highest BCUT2D eigenvalue weighted by atomic mass is 16.5. The van der Waals surface area contributed by atoms with Crippen LogP contribution in [0.4, 0.5) is 4.79 Å². The van der Waals surface area contributed by atoms with Crippen molar-refractivity contribution in [2.75, 3.05) is 6.61 Å². The van der Waals surface area contributed by atoms with Crippen LogP contribution in [0.3, 0.4) is 0 Å². The number of rotatable bonds is 8. The smallest absolute Gasteiger partial charge is 0.407 e. The average Bonchev–Trinajstić information content (AvgIpc) is 3.11. The second-order valence-corrected chi connectivity index (χ2v) is 9.78. The standard InChI is InChI=1S/C29H36N4O3/c1-7-36-28(35)31-26(22-11-9-8-10-12-22)18-27(34)32-30-19-23-17-20(2)33(21(23)3)25-15-13-24(14-16-25)29(4,5)6/h8-17,19,26H,7,18H2,1-6H3,(H,31,35)(H,32,34)/b30-19-/t26-/m0/s1. The Labute approximate surface area is 213 Å². The van der Waals surface area contributed by atoms with Gasteiger partial charge in [0, 0.05) is 22.6 Å². The van der Waals surface area contributed by atoms with Crippen LogP contribution in [0.5, 0.6) is 0 Å². The zero-order chi connectivity index (χ0) is 26.3. The van der Waals surface area contributed by atoms with Gasteiger partial charge in [-0.2, -0.15) is 5.10 Å². The summed E-state index contributed by atoms with van der Waals surface area (Å²) < 4.78 is 7.16. The number of carbonyl (C=O) groups excluding carboxylic acids is 2. The zero-order valence-corrected chi connectivity index (χ0v) is 22.0. The van der Waals surface area contributed by atoms with Crippen molar-refractivity contribution in [3.63, 3.8) is 0 Å². The lowest BCUT2D eigenvalue weighted by atomic mass is 9.87. The molecule has 0 aliphatic carbocycles. The second-order valence-electron chi connectivity index (χ2n) is 9.78. The number of benzene rings is 2. The van der Waals surface area contributed by atoms with Crippen LogP contribution in [0, 0.1) is 13.8 Å². The number of hydrogen-bond donors (Lipinski definition) is 2. The Morgan fingerprint density at radius 1 is 1.06 bits per heavy atom. The molecule has 0 aliphatic heterocycles. The minimum atomic E-state index is -0.564. The topological polar surface area (TPSA) is 84.7 Å². The van der Waals surface area contributed by atoms with E-state index in [4.69, 9.17) is 4.74 Å². The molecule has 0 aliphatic rings. The number of aryl methyl sites for hydroxylation is 1. The number of hydrogen-bond acceptors (Lipinski definition) is 4. The second kappa shape index (κ2) is 11.7. The molecule has 0 unspecified atom stereocenters. The Morgan fingerprint density at radius 3 is 2.33 bits per heavy atom. The van der Waals surface area contributed by atoms with E-state index in [1.807, 2.05) is 50.2 Å². The number of nitrogens with one attached hydrogen (secondary N) is 2. The van der Waals surface area contributed by atoms with E-state index in [0.717, 1.165) is 28.2 Å². The van der Waals surface area contributed by atoms with Crippen LogP contribution in [0.25, 0.3) is 5.69 Å². The molecule has 2 N–H and O–H groups in total. The predicted molar refractivity (Wildman–Crippen MR) is 144 cm³/mol. The van der Waals surface area contributed by atoms with Crippen molar-refractivity contribution < 1.29 is 14.3 Å². The van der Waals surface area contributed by atoms with Crippen LogP contribution < -0.4 is 10.7 Å². The summed E-state index contributed by atoms with van der Waals surface area (Å²) in [6, 6.07) is 19.4. The Kier molecular flexibility index (Phi) is 8.69. The molecule has 0 spiro atoms. The van der Waals surface area contributed by atoms with Gasteiger partial charge in [-0.1, -0.05) is 63.2 Å². The number of nitrogens with zero attached hydrogens (tertiary/aromatic N) is 2. The molecule has 0 saturated carbocycles. The maximum absolute atomic E-state index is 12.6. The summed E-state index contributed by atoms with van der Waals surface area (Å²) in [4.78, 5) is 24.6. The van der Waals surface area contributed by atoms with Gasteiger partial charge < -0.3 is 14.6 Å². The predicted octanol–water partition coefficient (Wildman–Crippen LogP) is 5.72. The maximum atomic E-state index is 12.6. The van der Waals surface area contributed by atoms with Crippen LogP contribution in [-0.2, 0) is 14.9 Å². The number of hydrazone groups is 1. The molecule has 2 aromatic carbocycles. The molecule has 1 heterocycles. The minimum Gasteiger partial charge on any atom is -0.450 e. The van der Waals surface area contributed by atoms with Crippen LogP contribution in [0.1, 0.15) is 68.2 Å². The van der Waals surface area contributed by atoms with E-state index in [0.29, 0.717) is 0 Å². The monoisotopic (exact) mass is 488 g/mol. The number of ether oxygens (including phenoxy) is 1. The fourth-order valence-corrected chi connectivity index (χ4v) is 4.08. The van der Waals surface area contributed by atoms with Gasteiger partial charge in [0.15, 0.2) is 0 Å². The van der Waals surface area contributed by atoms with Crippen molar-refractivity contribution in [1.82, 2.24) is 15.3 Å². The van der Waals surface area contributed by atoms with Crippen molar-refractivity contribution in [1.29, 1.82) is 0 Å². The van der Waals surface area contributed by atoms with Gasteiger partial charge in [0.05, 0.1) is 25.3 Å². The molecule has 36 heavy (non-hydrogen) atoms. The number of amides is 2. The summed E-state index contributed by atoms with van der Waals surface area (Å²) in [5.74, 6) is -0.316. The van der Waals surface area contributed by atoms with Gasteiger partial charge in [0.2, 0.25) is 5.91 Å². The highest BCUT2D eigenvalue weighted by molar-refractivity contribution is 5.84. The molecular formula is C29H36N4O3. The van der Waals surface area contributed by atoms with Crippen LogP contribution in [0.15, 0.2) is 65.8 Å². The molecule has 190 valence electrons. The molecule has 2 amide bonds. The summed E-state index contributed by atoms with van der Waals surface area (Å²) in [6.07, 6.45) is 1.11. The minimum absolute atomic E-state index is 0.0271. The first-order valence-electron chi connectivity index (χ1n) is 12.2. The van der Waals surface area contributed by atoms with E-state index >= 15 is 0 Å². The van der Waals surface area contributed by atoms with Gasteiger partial charge in [-0.3, -0.25) is 4.79 Å². The largest absolute Gasteiger partial charge is 0.450 e. The van der Waals surface area contributed by atoms with E-state index in [2.05, 4.69) is 65.4 Å². The average molecular weight is 489 g/mol. The molecule has 0 bridgehead atoms. The van der Waals surface area contributed by atoms with Gasteiger partial charge in [-0.15, -0.1) is 0 Å². The molecule has 7 heteroatoms. The highest BCUT2D eigenvalue weighted by Gasteiger charge is 2.19. The third kappa shape index (κ3) is 6.84. The van der Waals surface area contributed by atoms with Crippen molar-refractivity contribution in [3.8, 4) is 5.69 Å². The fraction of sp³-hybridized carbons (Fsp3) is 0.345. The van der Waals surface area contributed by atoms with E-state index < -0.39 is 12.1 Å². The van der Waals surface area contributed by atoms with Crippen molar-refractivity contribution in [2.24, 2.45) is 5.10 Å². The molecule has 0 saturated heterocycles. The summed E-state index contributed by atoms with van der Waals surface area (Å²) in [5, 5.41) is 6.92. The Morgan fingerprint density at radius 2 is 1.72 bits per heavy atom. The normalized spacial score (nSPS) is 12.4. The highest BCUT2D eigenvalue weighted by Crippen LogP contribution is 2.25. The number of alkyl carbamates (subject to hydrolysis) is 1. The van der Waals surface area contributed by atoms with E-state index in [1.54, 1.807) is 13.1 Å². The van der Waals surface area contributed by atoms with Gasteiger partial charge in [-0.05, 0) is 55.5 Å².